The fourth-order valence-electron chi connectivity index (χ4n) is 8.09. The number of hydrogen-bond donors (Lipinski definition) is 0. The van der Waals surface area contributed by atoms with E-state index in [1.807, 2.05) is 48.5 Å². The lowest BCUT2D eigenvalue weighted by Gasteiger charge is -2.18. The second-order valence-corrected chi connectivity index (χ2v) is 15.1. The van der Waals surface area contributed by atoms with E-state index in [0.29, 0.717) is 0 Å². The van der Waals surface area contributed by atoms with Gasteiger partial charge in [-0.05, 0) is 68.8 Å². The quantitative estimate of drug-likeness (QED) is 0.169. The Morgan fingerprint density at radius 1 is 0.233 bits per heavy atom. The van der Waals surface area contributed by atoms with Gasteiger partial charge in [0, 0.05) is 21.9 Å². The average molecular weight is 765 g/mol. The molecule has 60 heavy (non-hydrogen) atoms. The van der Waals surface area contributed by atoms with E-state index in [9.17, 15) is 0 Å². The maximum absolute atomic E-state index is 5.50. The van der Waals surface area contributed by atoms with E-state index in [0.717, 1.165) is 89.4 Å². The molecule has 280 valence electrons. The fourth-order valence-corrected chi connectivity index (χ4v) is 8.09. The Labute approximate surface area is 348 Å². The molecule has 0 atom stereocenters. The highest BCUT2D eigenvalue weighted by molar-refractivity contribution is 6.22. The third-order valence-corrected chi connectivity index (χ3v) is 11.3. The first-order valence-corrected chi connectivity index (χ1v) is 20.2. The van der Waals surface area contributed by atoms with E-state index >= 15 is 0 Å². The number of fused-ring (bicyclic) bond motifs is 4. The number of para-hydroxylation sites is 2. The predicted octanol–water partition coefficient (Wildman–Crippen LogP) is 14.1. The molecule has 0 radical (unpaired) electrons. The Hall–Kier alpha value is -8.08. The number of benzene rings is 8. The van der Waals surface area contributed by atoms with Crippen molar-refractivity contribution in [1.29, 1.82) is 0 Å². The number of aliphatic imine (C=N–C) groups is 2. The van der Waals surface area contributed by atoms with E-state index in [1.165, 1.54) is 22.3 Å². The second kappa shape index (κ2) is 15.0. The average Bonchev–Trinajstić information content (AvgIpc) is 3.32. The van der Waals surface area contributed by atoms with E-state index < -0.39 is 0 Å². The zero-order valence-electron chi connectivity index (χ0n) is 32.6. The van der Waals surface area contributed by atoms with Gasteiger partial charge in [0.1, 0.15) is 11.4 Å². The molecule has 11 rings (SSSR count). The van der Waals surface area contributed by atoms with E-state index in [-0.39, 0.29) is 0 Å². The minimum atomic E-state index is 0.722. The smallest absolute Gasteiger partial charge is 0.116 e. The van der Waals surface area contributed by atoms with Crippen molar-refractivity contribution in [2.75, 3.05) is 0 Å². The van der Waals surface area contributed by atoms with Gasteiger partial charge in [-0.2, -0.15) is 0 Å². The molecule has 0 bridgehead atoms. The molecule has 2 aromatic heterocycles. The summed E-state index contributed by atoms with van der Waals surface area (Å²) in [6.45, 7) is 0. The van der Waals surface area contributed by atoms with Crippen LogP contribution in [0.25, 0.3) is 66.3 Å². The van der Waals surface area contributed by atoms with Crippen LogP contribution in [-0.4, -0.2) is 21.4 Å². The minimum Gasteiger partial charge on any atom is -0.244 e. The Kier molecular flexibility index (Phi) is 8.79. The molecule has 1 aliphatic rings. The first kappa shape index (κ1) is 35.1. The lowest BCUT2D eigenvalue weighted by molar-refractivity contribution is 1.27. The van der Waals surface area contributed by atoms with E-state index in [1.54, 1.807) is 0 Å². The highest BCUT2D eigenvalue weighted by Gasteiger charge is 2.24. The van der Waals surface area contributed by atoms with Crippen LogP contribution < -0.4 is 0 Å². The van der Waals surface area contributed by atoms with Gasteiger partial charge in [0.25, 0.3) is 0 Å². The van der Waals surface area contributed by atoms with Crippen molar-refractivity contribution in [1.82, 2.24) is 9.97 Å². The lowest BCUT2D eigenvalue weighted by atomic mass is 9.96. The normalized spacial score (nSPS) is 12.2. The van der Waals surface area contributed by atoms with Crippen LogP contribution in [0.15, 0.2) is 228 Å². The number of nitrogens with zero attached hydrogens (tertiary/aromatic N) is 4. The van der Waals surface area contributed by atoms with Crippen LogP contribution in [0, 0.1) is 0 Å². The maximum atomic E-state index is 5.50. The van der Waals surface area contributed by atoms with Gasteiger partial charge in [-0.1, -0.05) is 194 Å². The summed E-state index contributed by atoms with van der Waals surface area (Å²) in [5, 5.41) is 2.02. The van der Waals surface area contributed by atoms with Crippen molar-refractivity contribution >= 4 is 44.6 Å². The third kappa shape index (κ3) is 6.66. The number of hydrogen-bond acceptors (Lipinski definition) is 4. The summed E-state index contributed by atoms with van der Waals surface area (Å²) in [5.41, 5.74) is 17.4. The van der Waals surface area contributed by atoms with E-state index in [4.69, 9.17) is 20.0 Å². The van der Waals surface area contributed by atoms with Gasteiger partial charge in [0.15, 0.2) is 0 Å². The zero-order valence-corrected chi connectivity index (χ0v) is 32.6. The predicted molar refractivity (Wildman–Crippen MR) is 249 cm³/mol. The van der Waals surface area contributed by atoms with Gasteiger partial charge in [-0.25, -0.2) is 20.0 Å². The van der Waals surface area contributed by atoms with Gasteiger partial charge in [0.2, 0.25) is 0 Å². The molecule has 3 heterocycles. The monoisotopic (exact) mass is 764 g/mol. The van der Waals surface area contributed by atoms with Gasteiger partial charge < -0.3 is 0 Å². The summed E-state index contributed by atoms with van der Waals surface area (Å²) in [4.78, 5) is 21.6. The molecule has 0 saturated carbocycles. The topological polar surface area (TPSA) is 50.5 Å². The first-order valence-electron chi connectivity index (χ1n) is 20.2. The Balaban J connectivity index is 1.02. The number of aromatic nitrogens is 2. The minimum absolute atomic E-state index is 0.722. The molecule has 0 aliphatic carbocycles. The van der Waals surface area contributed by atoms with Gasteiger partial charge in [0.05, 0.1) is 33.8 Å². The molecule has 10 aromatic rings. The largest absolute Gasteiger partial charge is 0.244 e. The summed E-state index contributed by atoms with van der Waals surface area (Å²) >= 11 is 0. The summed E-state index contributed by atoms with van der Waals surface area (Å²) in [5.74, 6) is 0. The van der Waals surface area contributed by atoms with Crippen molar-refractivity contribution < 1.29 is 0 Å². The standard InChI is InChI=1S/C56H36N4/c1-3-11-37(12-4-1)39-19-23-41(24-20-39)43-27-31-45(32-28-43)53-55-51(35-47-15-7-9-17-49(47)57-55)60-54(56-52(59-53)36-48-16-8-10-18-50(48)58-56)46-33-29-44(30-34-46)42-25-21-40(22-26-42)38-13-5-2-6-14-38/h1-36H. The van der Waals surface area contributed by atoms with Crippen molar-refractivity contribution in [3.63, 3.8) is 0 Å². The van der Waals surface area contributed by atoms with Gasteiger partial charge >= 0.3 is 0 Å². The van der Waals surface area contributed by atoms with Crippen molar-refractivity contribution in [3.05, 3.63) is 241 Å². The van der Waals surface area contributed by atoms with Gasteiger partial charge in [-0.15, -0.1) is 0 Å². The Bertz CT molecular complexity index is 3020. The van der Waals surface area contributed by atoms with Crippen LogP contribution in [0.5, 0.6) is 0 Å². The molecule has 0 saturated heterocycles. The molecule has 0 unspecified atom stereocenters. The van der Waals surface area contributed by atoms with Crippen LogP contribution in [0.2, 0.25) is 0 Å². The highest BCUT2D eigenvalue weighted by Crippen LogP contribution is 2.36. The fraction of sp³-hybridized carbons (Fsp3) is 0. The van der Waals surface area contributed by atoms with Crippen molar-refractivity contribution in [2.45, 2.75) is 0 Å². The van der Waals surface area contributed by atoms with Crippen molar-refractivity contribution in [3.8, 4) is 44.5 Å². The molecule has 1 aliphatic heterocycles. The summed E-state index contributed by atoms with van der Waals surface area (Å²) < 4.78 is 0. The first-order chi connectivity index (χ1) is 29.7. The van der Waals surface area contributed by atoms with Crippen LogP contribution in [-0.2, 0) is 0 Å². The molecule has 4 nitrogen and oxygen atoms in total. The molecule has 0 N–H and O–H groups in total. The maximum Gasteiger partial charge on any atom is 0.116 e. The summed E-state index contributed by atoms with van der Waals surface area (Å²) in [7, 11) is 0. The van der Waals surface area contributed by atoms with Crippen LogP contribution in [0.4, 0.5) is 11.4 Å². The Morgan fingerprint density at radius 3 is 0.833 bits per heavy atom. The summed E-state index contributed by atoms with van der Waals surface area (Å²) in [6.07, 6.45) is 0. The van der Waals surface area contributed by atoms with Gasteiger partial charge in [-0.3, -0.25) is 0 Å². The molecule has 0 amide bonds. The second-order valence-electron chi connectivity index (χ2n) is 15.1. The molecular formula is C56H36N4. The zero-order chi connectivity index (χ0) is 39.8. The molecule has 0 fully saturated rings. The summed E-state index contributed by atoms with van der Waals surface area (Å²) in [6, 6.07) is 76.3. The SMILES string of the molecule is c1ccc(-c2ccc(-c3ccc(C4=Nc5cc6ccccc6nc5C(c5ccc(-c6ccc(-c7ccccc7)cc6)cc5)=Nc5cc6ccccc6nc54)cc3)cc2)cc1. The van der Waals surface area contributed by atoms with Crippen LogP contribution in [0.3, 0.4) is 0 Å². The van der Waals surface area contributed by atoms with E-state index in [2.05, 4.69) is 170 Å². The van der Waals surface area contributed by atoms with Crippen LogP contribution >= 0.6 is 0 Å². The number of rotatable bonds is 6. The van der Waals surface area contributed by atoms with Crippen molar-refractivity contribution in [2.24, 2.45) is 9.98 Å². The Morgan fingerprint density at radius 2 is 0.500 bits per heavy atom. The molecule has 4 heteroatoms. The molecule has 8 aromatic carbocycles. The number of pyridine rings is 2. The highest BCUT2D eigenvalue weighted by atomic mass is 14.9. The molecular weight excluding hydrogens is 729 g/mol. The lowest BCUT2D eigenvalue weighted by Crippen LogP contribution is -2.13. The molecule has 0 spiro atoms. The van der Waals surface area contributed by atoms with Crippen LogP contribution in [0.1, 0.15) is 22.5 Å². The third-order valence-electron chi connectivity index (χ3n) is 11.3.